The van der Waals surface area contributed by atoms with Crippen LogP contribution in [0.15, 0.2) is 24.3 Å². The molecule has 2 rings (SSSR count). The van der Waals surface area contributed by atoms with E-state index in [2.05, 4.69) is 29.6 Å². The van der Waals surface area contributed by atoms with E-state index in [0.29, 0.717) is 13.0 Å². The summed E-state index contributed by atoms with van der Waals surface area (Å²) in [7, 11) is 3.17. The molecule has 1 aromatic rings. The van der Waals surface area contributed by atoms with Crippen LogP contribution in [-0.4, -0.2) is 32.8 Å². The number of carbonyl (C=O) groups is 1. The van der Waals surface area contributed by atoms with Crippen LogP contribution in [-0.2, 0) is 20.7 Å². The van der Waals surface area contributed by atoms with Crippen molar-refractivity contribution < 1.29 is 14.3 Å². The summed E-state index contributed by atoms with van der Waals surface area (Å²) in [6.45, 7) is 0.555. The predicted molar refractivity (Wildman–Crippen MR) is 77.6 cm³/mol. The summed E-state index contributed by atoms with van der Waals surface area (Å²) in [5.74, 6) is -0.236. The fourth-order valence-corrected chi connectivity index (χ4v) is 2.73. The first kappa shape index (κ1) is 15.0. The molecule has 0 heterocycles. The minimum Gasteiger partial charge on any atom is -0.468 e. The molecule has 1 aliphatic rings. The van der Waals surface area contributed by atoms with Gasteiger partial charge in [0.15, 0.2) is 0 Å². The van der Waals surface area contributed by atoms with Gasteiger partial charge in [0.05, 0.1) is 13.2 Å². The highest BCUT2D eigenvalue weighted by atomic mass is 16.5. The number of benzene rings is 1. The number of esters is 1. The second-order valence-electron chi connectivity index (χ2n) is 5.10. The molecule has 2 atom stereocenters. The van der Waals surface area contributed by atoms with Gasteiger partial charge in [-0.3, -0.25) is 4.79 Å². The molecule has 0 aromatic heterocycles. The van der Waals surface area contributed by atoms with Crippen LogP contribution in [0.2, 0.25) is 0 Å². The molecule has 110 valence electrons. The van der Waals surface area contributed by atoms with Crippen molar-refractivity contribution >= 4 is 5.97 Å². The number of methoxy groups -OCH3 is 1. The van der Waals surface area contributed by atoms with Gasteiger partial charge in [-0.25, -0.2) is 0 Å². The third kappa shape index (κ3) is 3.58. The van der Waals surface area contributed by atoms with Gasteiger partial charge < -0.3 is 14.8 Å². The van der Waals surface area contributed by atoms with E-state index in [1.54, 1.807) is 7.05 Å². The molecule has 4 heteroatoms. The van der Waals surface area contributed by atoms with Crippen LogP contribution in [0.3, 0.4) is 0 Å². The van der Waals surface area contributed by atoms with Crippen LogP contribution in [0.5, 0.6) is 0 Å². The van der Waals surface area contributed by atoms with Crippen molar-refractivity contribution in [1.82, 2.24) is 5.32 Å². The molecule has 20 heavy (non-hydrogen) atoms. The van der Waals surface area contributed by atoms with Crippen LogP contribution >= 0.6 is 0 Å². The smallest absolute Gasteiger partial charge is 0.322 e. The van der Waals surface area contributed by atoms with Gasteiger partial charge in [-0.05, 0) is 43.9 Å². The van der Waals surface area contributed by atoms with Crippen molar-refractivity contribution in [1.29, 1.82) is 0 Å². The highest BCUT2D eigenvalue weighted by Gasteiger charge is 2.22. The Bertz CT molecular complexity index is 447. The van der Waals surface area contributed by atoms with E-state index in [1.807, 2.05) is 0 Å². The van der Waals surface area contributed by atoms with Crippen molar-refractivity contribution in [3.8, 4) is 0 Å². The third-order valence-corrected chi connectivity index (χ3v) is 3.87. The quantitative estimate of drug-likeness (QED) is 0.810. The lowest BCUT2D eigenvalue weighted by Crippen LogP contribution is -2.36. The molecule has 2 unspecified atom stereocenters. The summed E-state index contributed by atoms with van der Waals surface area (Å²) in [6, 6.07) is 8.17. The number of carbonyl (C=O) groups excluding carboxylic acids is 1. The predicted octanol–water partition coefficient (Wildman–Crippen LogP) is 2.23. The maximum absolute atomic E-state index is 11.5. The Morgan fingerprint density at radius 1 is 1.45 bits per heavy atom. The molecule has 0 bridgehead atoms. The number of hydrogen-bond donors (Lipinski definition) is 1. The number of aryl methyl sites for hydroxylation is 1. The first-order valence-corrected chi connectivity index (χ1v) is 7.20. The van der Waals surface area contributed by atoms with Gasteiger partial charge in [-0.15, -0.1) is 0 Å². The Labute approximate surface area is 120 Å². The van der Waals surface area contributed by atoms with E-state index in [4.69, 9.17) is 9.47 Å². The lowest BCUT2D eigenvalue weighted by Gasteiger charge is -2.26. The van der Waals surface area contributed by atoms with E-state index >= 15 is 0 Å². The Hall–Kier alpha value is -1.39. The first-order valence-electron chi connectivity index (χ1n) is 7.20. The van der Waals surface area contributed by atoms with Crippen LogP contribution in [0.4, 0.5) is 0 Å². The fourth-order valence-electron chi connectivity index (χ4n) is 2.73. The van der Waals surface area contributed by atoms with Crippen molar-refractivity contribution in [2.24, 2.45) is 0 Å². The van der Waals surface area contributed by atoms with Gasteiger partial charge in [0.25, 0.3) is 0 Å². The average Bonchev–Trinajstić information content (AvgIpc) is 2.51. The number of nitrogens with one attached hydrogen (secondary N) is 1. The maximum atomic E-state index is 11.5. The molecule has 0 saturated carbocycles. The molecular weight excluding hydrogens is 254 g/mol. The highest BCUT2D eigenvalue weighted by Crippen LogP contribution is 2.32. The fraction of sp³-hybridized carbons (Fsp3) is 0.562. The molecule has 0 amide bonds. The van der Waals surface area contributed by atoms with E-state index in [0.717, 1.165) is 19.3 Å². The Balaban J connectivity index is 1.87. The first-order chi connectivity index (χ1) is 9.76. The summed E-state index contributed by atoms with van der Waals surface area (Å²) < 4.78 is 10.7. The monoisotopic (exact) mass is 277 g/mol. The molecule has 1 aromatic carbocycles. The van der Waals surface area contributed by atoms with E-state index in [-0.39, 0.29) is 18.1 Å². The van der Waals surface area contributed by atoms with Crippen LogP contribution in [0.1, 0.15) is 36.5 Å². The van der Waals surface area contributed by atoms with Crippen LogP contribution in [0, 0.1) is 0 Å². The van der Waals surface area contributed by atoms with Crippen molar-refractivity contribution in [3.63, 3.8) is 0 Å². The molecule has 4 nitrogen and oxygen atoms in total. The van der Waals surface area contributed by atoms with Crippen molar-refractivity contribution in [2.45, 2.75) is 37.8 Å². The topological polar surface area (TPSA) is 47.6 Å². The largest absolute Gasteiger partial charge is 0.468 e. The van der Waals surface area contributed by atoms with Gasteiger partial charge in [-0.2, -0.15) is 0 Å². The van der Waals surface area contributed by atoms with Gasteiger partial charge in [0.1, 0.15) is 6.04 Å². The van der Waals surface area contributed by atoms with E-state index in [9.17, 15) is 4.79 Å². The number of ether oxygens (including phenoxy) is 2. The lowest BCUT2D eigenvalue weighted by atomic mass is 9.89. The number of hydrogen-bond acceptors (Lipinski definition) is 4. The second kappa shape index (κ2) is 7.41. The maximum Gasteiger partial charge on any atom is 0.322 e. The summed E-state index contributed by atoms with van der Waals surface area (Å²) in [4.78, 5) is 11.5. The molecule has 0 saturated heterocycles. The Kier molecular flexibility index (Phi) is 5.56. The van der Waals surface area contributed by atoms with E-state index in [1.165, 1.54) is 18.2 Å². The molecule has 1 N–H and O–H groups in total. The zero-order chi connectivity index (χ0) is 14.4. The minimum absolute atomic E-state index is 0.162. The normalized spacial score (nSPS) is 19.2. The summed E-state index contributed by atoms with van der Waals surface area (Å²) in [5.41, 5.74) is 2.69. The van der Waals surface area contributed by atoms with Crippen molar-refractivity contribution in [3.05, 3.63) is 35.4 Å². The number of rotatable bonds is 6. The summed E-state index contributed by atoms with van der Waals surface area (Å²) in [5, 5.41) is 2.96. The number of likely N-dealkylation sites (N-methyl/N-ethyl adjacent to an activating group) is 1. The average molecular weight is 277 g/mol. The molecular formula is C16H23NO3. The Morgan fingerprint density at radius 2 is 2.25 bits per heavy atom. The van der Waals surface area contributed by atoms with Crippen LogP contribution in [0.25, 0.3) is 0 Å². The zero-order valence-corrected chi connectivity index (χ0v) is 12.2. The Morgan fingerprint density at radius 3 is 3.00 bits per heavy atom. The molecule has 0 radical (unpaired) electrons. The van der Waals surface area contributed by atoms with Gasteiger partial charge in [0, 0.05) is 6.61 Å². The standard InChI is InChI=1S/C16H23NO3/c1-17-14(16(18)19-2)10-11-20-15-9-5-7-12-6-3-4-8-13(12)15/h3-4,6,8,14-15,17H,5,7,9-11H2,1-2H3. The third-order valence-electron chi connectivity index (χ3n) is 3.87. The lowest BCUT2D eigenvalue weighted by molar-refractivity contribution is -0.143. The van der Waals surface area contributed by atoms with Crippen molar-refractivity contribution in [2.75, 3.05) is 20.8 Å². The second-order valence-corrected chi connectivity index (χ2v) is 5.10. The molecule has 0 aliphatic heterocycles. The number of fused-ring (bicyclic) bond motifs is 1. The molecule has 0 spiro atoms. The van der Waals surface area contributed by atoms with Gasteiger partial charge in [-0.1, -0.05) is 24.3 Å². The summed E-state index contributed by atoms with van der Waals surface area (Å²) >= 11 is 0. The van der Waals surface area contributed by atoms with Crippen LogP contribution < -0.4 is 5.32 Å². The van der Waals surface area contributed by atoms with Gasteiger partial charge >= 0.3 is 5.97 Å². The SMILES string of the molecule is CNC(CCOC1CCCc2ccccc21)C(=O)OC. The summed E-state index contributed by atoms with van der Waals surface area (Å²) in [6.07, 6.45) is 4.14. The highest BCUT2D eigenvalue weighted by molar-refractivity contribution is 5.75. The van der Waals surface area contributed by atoms with Gasteiger partial charge in [0.2, 0.25) is 0 Å². The van der Waals surface area contributed by atoms with E-state index < -0.39 is 0 Å². The minimum atomic E-state index is -0.293. The molecule has 1 aliphatic carbocycles. The molecule has 0 fully saturated rings. The zero-order valence-electron chi connectivity index (χ0n) is 12.2.